The minimum atomic E-state index is -0.476. The van der Waals surface area contributed by atoms with Gasteiger partial charge in [0.25, 0.3) is 0 Å². The molecular weight excluding hydrogens is 220 g/mol. The van der Waals surface area contributed by atoms with E-state index in [1.807, 2.05) is 13.8 Å². The van der Waals surface area contributed by atoms with Gasteiger partial charge in [0, 0.05) is 18.7 Å². The molecule has 0 spiro atoms. The predicted octanol–water partition coefficient (Wildman–Crippen LogP) is 1.96. The predicted molar refractivity (Wildman–Crippen MR) is 64.9 cm³/mol. The van der Waals surface area contributed by atoms with Crippen LogP contribution in [0.5, 0.6) is 0 Å². The van der Waals surface area contributed by atoms with E-state index in [0.29, 0.717) is 12.1 Å². The molecular formula is C12H18N2O3. The Bertz CT molecular complexity index is 351. The maximum absolute atomic E-state index is 11.4. The first-order chi connectivity index (χ1) is 8.15. The van der Waals surface area contributed by atoms with Crippen molar-refractivity contribution in [1.29, 1.82) is 0 Å². The number of carbonyl (C=O) groups is 1. The van der Waals surface area contributed by atoms with Gasteiger partial charge in [0.15, 0.2) is 0 Å². The van der Waals surface area contributed by atoms with E-state index in [9.17, 15) is 4.79 Å². The zero-order valence-corrected chi connectivity index (χ0v) is 10.1. The summed E-state index contributed by atoms with van der Waals surface area (Å²) in [4.78, 5) is 15.5. The number of carbonyl (C=O) groups excluding carboxylic acids is 1. The highest BCUT2D eigenvalue weighted by Gasteiger charge is 2.07. The highest BCUT2D eigenvalue weighted by atomic mass is 16.6. The van der Waals surface area contributed by atoms with E-state index in [1.54, 1.807) is 18.3 Å². The molecule has 5 heteroatoms. The van der Waals surface area contributed by atoms with Crippen LogP contribution in [-0.2, 0) is 11.2 Å². The minimum Gasteiger partial charge on any atom is -0.446 e. The molecule has 0 aliphatic heterocycles. The average Bonchev–Trinajstić information content (AvgIpc) is 2.31. The first-order valence-electron chi connectivity index (χ1n) is 5.69. The third kappa shape index (κ3) is 4.82. The lowest BCUT2D eigenvalue weighted by atomic mass is 10.3. The molecule has 1 aromatic rings. The molecule has 0 aromatic carbocycles. The Labute approximate surface area is 101 Å². The molecule has 0 radical (unpaired) electrons. The smallest absolute Gasteiger partial charge is 0.411 e. The van der Waals surface area contributed by atoms with Gasteiger partial charge in [-0.1, -0.05) is 6.92 Å². The number of amides is 1. The maximum Gasteiger partial charge on any atom is 0.411 e. The van der Waals surface area contributed by atoms with Gasteiger partial charge in [-0.05, 0) is 25.5 Å². The van der Waals surface area contributed by atoms with E-state index in [4.69, 9.17) is 9.84 Å². The highest BCUT2D eigenvalue weighted by molar-refractivity contribution is 5.84. The Morgan fingerprint density at radius 1 is 1.59 bits per heavy atom. The fourth-order valence-electron chi connectivity index (χ4n) is 1.17. The number of nitrogens with zero attached hydrogens (tertiary/aromatic N) is 1. The molecule has 1 aromatic heterocycles. The van der Waals surface area contributed by atoms with Crippen molar-refractivity contribution in [3.8, 4) is 0 Å². The van der Waals surface area contributed by atoms with Crippen molar-refractivity contribution in [3.05, 3.63) is 24.0 Å². The van der Waals surface area contributed by atoms with Crippen molar-refractivity contribution < 1.29 is 14.6 Å². The second-order valence-electron chi connectivity index (χ2n) is 3.76. The highest BCUT2D eigenvalue weighted by Crippen LogP contribution is 2.08. The molecule has 1 rings (SSSR count). The number of ether oxygens (including phenoxy) is 1. The molecule has 1 atom stereocenters. The second kappa shape index (κ2) is 6.85. The number of nitrogens with one attached hydrogen (secondary N) is 1. The van der Waals surface area contributed by atoms with Gasteiger partial charge in [-0.15, -0.1) is 0 Å². The van der Waals surface area contributed by atoms with Crippen molar-refractivity contribution in [3.63, 3.8) is 0 Å². The summed E-state index contributed by atoms with van der Waals surface area (Å²) in [6.07, 6.45) is 2.26. The number of hydrogen-bond donors (Lipinski definition) is 2. The quantitative estimate of drug-likeness (QED) is 0.822. The van der Waals surface area contributed by atoms with Crippen LogP contribution < -0.4 is 5.32 Å². The number of rotatable bonds is 5. The van der Waals surface area contributed by atoms with Crippen LogP contribution in [0.15, 0.2) is 18.3 Å². The molecule has 1 heterocycles. The fraction of sp³-hybridized carbons (Fsp3) is 0.500. The summed E-state index contributed by atoms with van der Waals surface area (Å²) in [6, 6.07) is 3.49. The largest absolute Gasteiger partial charge is 0.446 e. The van der Waals surface area contributed by atoms with Gasteiger partial charge in [-0.2, -0.15) is 0 Å². The molecule has 0 aliphatic rings. The molecule has 1 amide bonds. The molecule has 17 heavy (non-hydrogen) atoms. The van der Waals surface area contributed by atoms with E-state index >= 15 is 0 Å². The van der Waals surface area contributed by atoms with Crippen LogP contribution in [0.4, 0.5) is 10.5 Å². The number of aliphatic hydroxyl groups is 1. The Balaban J connectivity index is 2.48. The maximum atomic E-state index is 11.4. The summed E-state index contributed by atoms with van der Waals surface area (Å²) >= 11 is 0. The topological polar surface area (TPSA) is 71.5 Å². The fourth-order valence-corrected chi connectivity index (χ4v) is 1.17. The van der Waals surface area contributed by atoms with Gasteiger partial charge in [0.1, 0.15) is 6.10 Å². The van der Waals surface area contributed by atoms with Crippen LogP contribution in [0.2, 0.25) is 0 Å². The molecule has 0 fully saturated rings. The molecule has 0 saturated carbocycles. The van der Waals surface area contributed by atoms with Crippen LogP contribution in [0.25, 0.3) is 0 Å². The van der Waals surface area contributed by atoms with Crippen LogP contribution in [0.1, 0.15) is 26.0 Å². The van der Waals surface area contributed by atoms with Gasteiger partial charge < -0.3 is 9.84 Å². The Kier molecular flexibility index (Phi) is 5.42. The van der Waals surface area contributed by atoms with Gasteiger partial charge in [0.05, 0.1) is 11.9 Å². The number of anilines is 1. The first-order valence-corrected chi connectivity index (χ1v) is 5.69. The van der Waals surface area contributed by atoms with Crippen LogP contribution in [0.3, 0.4) is 0 Å². The average molecular weight is 238 g/mol. The van der Waals surface area contributed by atoms with Crippen LogP contribution in [-0.4, -0.2) is 28.9 Å². The summed E-state index contributed by atoms with van der Waals surface area (Å²) in [5.74, 6) is 0. The Hall–Kier alpha value is -1.62. The molecule has 0 aliphatic carbocycles. The lowest BCUT2D eigenvalue weighted by molar-refractivity contribution is 0.118. The van der Waals surface area contributed by atoms with E-state index in [2.05, 4.69) is 10.3 Å². The van der Waals surface area contributed by atoms with Gasteiger partial charge in [-0.25, -0.2) is 4.79 Å². The zero-order valence-electron chi connectivity index (χ0n) is 10.1. The summed E-state index contributed by atoms with van der Waals surface area (Å²) in [7, 11) is 0. The van der Waals surface area contributed by atoms with Crippen molar-refractivity contribution in [2.75, 3.05) is 11.9 Å². The first kappa shape index (κ1) is 13.4. The summed E-state index contributed by atoms with van der Waals surface area (Å²) in [5.41, 5.74) is 1.37. The molecule has 2 N–H and O–H groups in total. The van der Waals surface area contributed by atoms with E-state index in [0.717, 1.165) is 12.1 Å². The second-order valence-corrected chi connectivity index (χ2v) is 3.76. The third-order valence-corrected chi connectivity index (χ3v) is 2.32. The van der Waals surface area contributed by atoms with Gasteiger partial charge >= 0.3 is 6.09 Å². The number of aromatic nitrogens is 1. The van der Waals surface area contributed by atoms with Crippen molar-refractivity contribution >= 4 is 11.8 Å². The summed E-state index contributed by atoms with van der Waals surface area (Å²) in [6.45, 7) is 3.85. The van der Waals surface area contributed by atoms with E-state index in [-0.39, 0.29) is 12.7 Å². The Morgan fingerprint density at radius 2 is 2.35 bits per heavy atom. The summed E-state index contributed by atoms with van der Waals surface area (Å²) < 4.78 is 5.06. The number of hydrogen-bond acceptors (Lipinski definition) is 4. The number of pyridine rings is 1. The van der Waals surface area contributed by atoms with Crippen LogP contribution >= 0.6 is 0 Å². The standard InChI is InChI=1S/C12H18N2O3/c1-3-9(2)17-12(16)14-11-5-4-10(6-7-15)13-8-11/h4-5,8-9,15H,3,6-7H2,1-2H3,(H,14,16). The van der Waals surface area contributed by atoms with Crippen LogP contribution in [0, 0.1) is 0 Å². The lowest BCUT2D eigenvalue weighted by Gasteiger charge is -2.11. The van der Waals surface area contributed by atoms with E-state index in [1.165, 1.54) is 0 Å². The molecule has 5 nitrogen and oxygen atoms in total. The molecule has 0 saturated heterocycles. The van der Waals surface area contributed by atoms with Gasteiger partial charge in [-0.3, -0.25) is 10.3 Å². The van der Waals surface area contributed by atoms with E-state index < -0.39 is 6.09 Å². The molecule has 0 bridgehead atoms. The van der Waals surface area contributed by atoms with Crippen molar-refractivity contribution in [2.45, 2.75) is 32.8 Å². The normalized spacial score (nSPS) is 11.9. The van der Waals surface area contributed by atoms with Crippen molar-refractivity contribution in [2.24, 2.45) is 0 Å². The number of aliphatic hydroxyl groups excluding tert-OH is 1. The zero-order chi connectivity index (χ0) is 12.7. The Morgan fingerprint density at radius 3 is 2.88 bits per heavy atom. The monoisotopic (exact) mass is 238 g/mol. The van der Waals surface area contributed by atoms with Gasteiger partial charge in [0.2, 0.25) is 0 Å². The summed E-state index contributed by atoms with van der Waals surface area (Å²) in [5, 5.41) is 11.3. The SMILES string of the molecule is CCC(C)OC(=O)Nc1ccc(CCO)nc1. The third-order valence-electron chi connectivity index (χ3n) is 2.32. The lowest BCUT2D eigenvalue weighted by Crippen LogP contribution is -2.19. The molecule has 94 valence electrons. The molecule has 1 unspecified atom stereocenters. The minimum absolute atomic E-state index is 0.0653. The van der Waals surface area contributed by atoms with Crippen molar-refractivity contribution in [1.82, 2.24) is 4.98 Å².